The number of hydrogen-bond acceptors (Lipinski definition) is 4. The summed E-state index contributed by atoms with van der Waals surface area (Å²) in [6, 6.07) is 0. The van der Waals surface area contributed by atoms with E-state index in [9.17, 15) is 4.79 Å². The summed E-state index contributed by atoms with van der Waals surface area (Å²) < 4.78 is 11.3. The molecule has 0 aliphatic carbocycles. The lowest BCUT2D eigenvalue weighted by molar-refractivity contribution is -0.127. The Balaban J connectivity index is 0.00000625. The number of guanidine groups is 1. The van der Waals surface area contributed by atoms with Crippen molar-refractivity contribution in [3.63, 3.8) is 0 Å². The number of rotatable bonds is 10. The molecule has 1 saturated heterocycles. The van der Waals surface area contributed by atoms with Gasteiger partial charge in [-0.3, -0.25) is 4.79 Å². The van der Waals surface area contributed by atoms with Crippen LogP contribution in [0.5, 0.6) is 0 Å². The van der Waals surface area contributed by atoms with E-state index in [0.29, 0.717) is 5.96 Å². The fourth-order valence-electron chi connectivity index (χ4n) is 2.39. The number of carbonyl (C=O) groups is 1. The molecule has 0 aromatic heterocycles. The molecule has 2 N–H and O–H groups in total. The van der Waals surface area contributed by atoms with Crippen LogP contribution in [-0.4, -0.2) is 75.9 Å². The lowest BCUT2D eigenvalue weighted by Gasteiger charge is -2.24. The molecule has 0 saturated carbocycles. The number of nitrogens with one attached hydrogen (secondary N) is 2. The summed E-state index contributed by atoms with van der Waals surface area (Å²) in [5, 5.41) is 6.60. The second kappa shape index (κ2) is 15.4. The first-order valence-corrected chi connectivity index (χ1v) is 9.44. The Morgan fingerprint density at radius 3 is 2.65 bits per heavy atom. The van der Waals surface area contributed by atoms with Gasteiger partial charge in [0.2, 0.25) is 5.91 Å². The first-order chi connectivity index (χ1) is 12.0. The van der Waals surface area contributed by atoms with Gasteiger partial charge in [-0.2, -0.15) is 0 Å². The Labute approximate surface area is 175 Å². The highest BCUT2D eigenvalue weighted by Crippen LogP contribution is 2.11. The number of likely N-dealkylation sites (N-methyl/N-ethyl adjacent to an activating group) is 1. The summed E-state index contributed by atoms with van der Waals surface area (Å²) in [7, 11) is 3.48. The number of ether oxygens (including phenoxy) is 2. The highest BCUT2D eigenvalue weighted by Gasteiger charge is 2.14. The van der Waals surface area contributed by atoms with E-state index in [0.717, 1.165) is 52.0 Å². The molecule has 0 spiro atoms. The van der Waals surface area contributed by atoms with Gasteiger partial charge in [-0.25, -0.2) is 4.99 Å². The van der Waals surface area contributed by atoms with Crippen LogP contribution < -0.4 is 10.6 Å². The van der Waals surface area contributed by atoms with E-state index in [-0.39, 0.29) is 48.6 Å². The highest BCUT2D eigenvalue weighted by molar-refractivity contribution is 14.0. The van der Waals surface area contributed by atoms with E-state index in [1.807, 2.05) is 13.8 Å². The van der Waals surface area contributed by atoms with Crippen molar-refractivity contribution >= 4 is 35.8 Å². The Bertz CT molecular complexity index is 400. The third-order valence-electron chi connectivity index (χ3n) is 3.96. The van der Waals surface area contributed by atoms with Gasteiger partial charge in [0.05, 0.1) is 12.2 Å². The van der Waals surface area contributed by atoms with Crippen LogP contribution in [0.15, 0.2) is 4.99 Å². The first kappa shape index (κ1) is 25.4. The lowest BCUT2D eigenvalue weighted by atomic mass is 10.1. The van der Waals surface area contributed by atoms with Crippen molar-refractivity contribution in [2.45, 2.75) is 58.2 Å². The molecule has 1 rings (SSSR count). The Morgan fingerprint density at radius 1 is 1.27 bits per heavy atom. The van der Waals surface area contributed by atoms with Crippen molar-refractivity contribution in [1.82, 2.24) is 15.5 Å². The third-order valence-corrected chi connectivity index (χ3v) is 3.96. The molecule has 0 radical (unpaired) electrons. The van der Waals surface area contributed by atoms with Crippen molar-refractivity contribution in [3.05, 3.63) is 0 Å². The maximum Gasteiger partial charge on any atom is 0.243 e. The number of amides is 1. The minimum atomic E-state index is -0.0136. The molecule has 1 aliphatic rings. The smallest absolute Gasteiger partial charge is 0.243 e. The number of aliphatic imine (C=N–C) groups is 1. The number of hydrogen-bond donors (Lipinski definition) is 2. The summed E-state index contributed by atoms with van der Waals surface area (Å²) in [6.45, 7) is 7.36. The molecule has 1 aliphatic heterocycles. The van der Waals surface area contributed by atoms with E-state index in [1.54, 1.807) is 19.0 Å². The van der Waals surface area contributed by atoms with Gasteiger partial charge in [0.15, 0.2) is 5.96 Å². The summed E-state index contributed by atoms with van der Waals surface area (Å²) in [6.07, 6.45) is 5.93. The van der Waals surface area contributed by atoms with Crippen LogP contribution in [0, 0.1) is 0 Å². The van der Waals surface area contributed by atoms with Crippen LogP contribution in [0.4, 0.5) is 0 Å². The maximum absolute atomic E-state index is 11.8. The predicted molar refractivity (Wildman–Crippen MR) is 116 cm³/mol. The quantitative estimate of drug-likeness (QED) is 0.215. The Kier molecular flexibility index (Phi) is 15.1. The van der Waals surface area contributed by atoms with Crippen LogP contribution in [-0.2, 0) is 14.3 Å². The molecular weight excluding hydrogens is 447 g/mol. The van der Waals surface area contributed by atoms with Crippen molar-refractivity contribution in [3.8, 4) is 0 Å². The zero-order valence-electron chi connectivity index (χ0n) is 16.8. The molecule has 7 nitrogen and oxygen atoms in total. The van der Waals surface area contributed by atoms with Crippen molar-refractivity contribution in [1.29, 1.82) is 0 Å². The predicted octanol–water partition coefficient (Wildman–Crippen LogP) is 2.00. The molecule has 1 unspecified atom stereocenters. The van der Waals surface area contributed by atoms with E-state index in [1.165, 1.54) is 6.42 Å². The zero-order chi connectivity index (χ0) is 18.5. The molecule has 154 valence electrons. The summed E-state index contributed by atoms with van der Waals surface area (Å²) in [5.74, 6) is 0.662. The van der Waals surface area contributed by atoms with Crippen molar-refractivity contribution < 1.29 is 14.3 Å². The Morgan fingerprint density at radius 2 is 2.04 bits per heavy atom. The van der Waals surface area contributed by atoms with Gasteiger partial charge in [0, 0.05) is 40.4 Å². The van der Waals surface area contributed by atoms with Gasteiger partial charge in [-0.15, -0.1) is 24.0 Å². The molecule has 8 heteroatoms. The molecular formula is C18H37IN4O3. The standard InChI is InChI=1S/C18H36N4O3.HI/c1-15(2)24-11-8-6-10-19-18(21-14-17(23)22(3)4)20-13-16-9-5-7-12-25-16;/h15-16H,5-14H2,1-4H3,(H2,19,20,21);1H. The summed E-state index contributed by atoms with van der Waals surface area (Å²) in [5.41, 5.74) is 0. The van der Waals surface area contributed by atoms with E-state index >= 15 is 0 Å². The second-order valence-corrected chi connectivity index (χ2v) is 6.88. The SMILES string of the molecule is CC(C)OCCCCNC(=NCC(=O)N(C)C)NCC1CCCCO1.I. The zero-order valence-corrected chi connectivity index (χ0v) is 19.1. The van der Waals surface area contributed by atoms with Crippen LogP contribution in [0.25, 0.3) is 0 Å². The molecule has 1 atom stereocenters. The average molecular weight is 484 g/mol. The maximum atomic E-state index is 11.8. The number of unbranched alkanes of at least 4 members (excludes halogenated alkanes) is 1. The molecule has 1 fully saturated rings. The molecule has 1 heterocycles. The van der Waals surface area contributed by atoms with Crippen LogP contribution in [0.2, 0.25) is 0 Å². The number of carbonyl (C=O) groups excluding carboxylic acids is 1. The fraction of sp³-hybridized carbons (Fsp3) is 0.889. The van der Waals surface area contributed by atoms with Gasteiger partial charge in [0.25, 0.3) is 0 Å². The normalized spacial score (nSPS) is 17.6. The largest absolute Gasteiger partial charge is 0.379 e. The molecule has 0 aromatic rings. The number of nitrogens with zero attached hydrogens (tertiary/aromatic N) is 2. The van der Waals surface area contributed by atoms with Gasteiger partial charge in [0.1, 0.15) is 6.54 Å². The van der Waals surface area contributed by atoms with Crippen LogP contribution >= 0.6 is 24.0 Å². The average Bonchev–Trinajstić information content (AvgIpc) is 2.59. The third kappa shape index (κ3) is 12.7. The summed E-state index contributed by atoms with van der Waals surface area (Å²) in [4.78, 5) is 17.7. The van der Waals surface area contributed by atoms with E-state index in [4.69, 9.17) is 9.47 Å². The van der Waals surface area contributed by atoms with Gasteiger partial charge in [-0.05, 0) is 46.0 Å². The van der Waals surface area contributed by atoms with Crippen molar-refractivity contribution in [2.24, 2.45) is 4.99 Å². The summed E-state index contributed by atoms with van der Waals surface area (Å²) >= 11 is 0. The molecule has 26 heavy (non-hydrogen) atoms. The van der Waals surface area contributed by atoms with Gasteiger partial charge in [-0.1, -0.05) is 0 Å². The second-order valence-electron chi connectivity index (χ2n) is 6.88. The van der Waals surface area contributed by atoms with E-state index in [2.05, 4.69) is 15.6 Å². The topological polar surface area (TPSA) is 75.2 Å². The lowest BCUT2D eigenvalue weighted by Crippen LogP contribution is -2.43. The fourth-order valence-corrected chi connectivity index (χ4v) is 2.39. The molecule has 0 aromatic carbocycles. The minimum Gasteiger partial charge on any atom is -0.379 e. The highest BCUT2D eigenvalue weighted by atomic mass is 127. The van der Waals surface area contributed by atoms with Crippen molar-refractivity contribution in [2.75, 3.05) is 46.9 Å². The molecule has 1 amide bonds. The number of halogens is 1. The van der Waals surface area contributed by atoms with E-state index < -0.39 is 0 Å². The van der Waals surface area contributed by atoms with Crippen LogP contribution in [0.1, 0.15) is 46.0 Å². The monoisotopic (exact) mass is 484 g/mol. The minimum absolute atomic E-state index is 0. The van der Waals surface area contributed by atoms with Gasteiger partial charge < -0.3 is 25.0 Å². The van der Waals surface area contributed by atoms with Gasteiger partial charge >= 0.3 is 0 Å². The Hall–Kier alpha value is -0.610. The molecule has 0 bridgehead atoms. The van der Waals surface area contributed by atoms with Crippen LogP contribution in [0.3, 0.4) is 0 Å². The first-order valence-electron chi connectivity index (χ1n) is 9.44.